The van der Waals surface area contributed by atoms with Gasteiger partial charge in [-0.2, -0.15) is 0 Å². The normalized spacial score (nSPS) is 11.7. The second-order valence-electron chi connectivity index (χ2n) is 9.99. The number of unbranched alkanes of at least 4 members (excludes halogenated alkanes) is 4. The molecule has 0 aromatic rings. The van der Waals surface area contributed by atoms with E-state index in [2.05, 4.69) is 18.9 Å². The zero-order chi connectivity index (χ0) is 36.2. The van der Waals surface area contributed by atoms with Gasteiger partial charge in [0.25, 0.3) is 0 Å². The summed E-state index contributed by atoms with van der Waals surface area (Å²) >= 11 is 0. The van der Waals surface area contributed by atoms with Crippen LogP contribution in [0.2, 0.25) is 0 Å². The number of carboxylic acid groups (broad SMARTS) is 1. The highest BCUT2D eigenvalue weighted by molar-refractivity contribution is 5.84. The summed E-state index contributed by atoms with van der Waals surface area (Å²) < 4.78 is 38.7. The van der Waals surface area contributed by atoms with Crippen LogP contribution >= 0.6 is 0 Å². The van der Waals surface area contributed by atoms with Crippen molar-refractivity contribution in [2.75, 3.05) is 52.9 Å². The Kier molecular flexibility index (Phi) is 25.3. The second-order valence-corrected chi connectivity index (χ2v) is 9.99. The lowest BCUT2D eigenvalue weighted by Crippen LogP contribution is -2.33. The van der Waals surface area contributed by atoms with Crippen molar-refractivity contribution in [3.63, 3.8) is 0 Å². The number of hydrogen-bond donors (Lipinski definition) is 2. The standard InChI is InChI=1S/C30H46O18/c1-21(29(38)39)48-30(40)22(2)47-28(37)20-46-27(36)19-45-26(35)12-11-25(34)42-14-8-4-6-10-24(33)44-18-16-41-15-17-43-23(32)9-5-3-7-13-31/h21-22,31H,3-20H2,1-2H3,(H,38,39). The van der Waals surface area contributed by atoms with Crippen molar-refractivity contribution < 1.29 is 86.5 Å². The van der Waals surface area contributed by atoms with Crippen LogP contribution in [0, 0.1) is 0 Å². The molecule has 0 saturated heterocycles. The highest BCUT2D eigenvalue weighted by Gasteiger charge is 2.25. The number of carbonyl (C=O) groups excluding carboxylic acids is 7. The maximum atomic E-state index is 11.8. The first-order valence-corrected chi connectivity index (χ1v) is 15.4. The third kappa shape index (κ3) is 25.8. The summed E-state index contributed by atoms with van der Waals surface area (Å²) in [6, 6.07) is 0. The van der Waals surface area contributed by atoms with E-state index in [4.69, 9.17) is 29.2 Å². The van der Waals surface area contributed by atoms with Gasteiger partial charge in [0.05, 0.1) is 32.7 Å². The molecule has 0 heterocycles. The number of carboxylic acids is 1. The summed E-state index contributed by atoms with van der Waals surface area (Å²) in [5.74, 6) is -7.07. The number of esters is 7. The summed E-state index contributed by atoms with van der Waals surface area (Å²) in [7, 11) is 0. The molecule has 18 heteroatoms. The lowest BCUT2D eigenvalue weighted by atomic mass is 10.2. The van der Waals surface area contributed by atoms with Crippen LogP contribution < -0.4 is 0 Å². The zero-order valence-corrected chi connectivity index (χ0v) is 27.3. The van der Waals surface area contributed by atoms with E-state index in [9.17, 15) is 38.4 Å². The molecule has 2 unspecified atom stereocenters. The topological polar surface area (TPSA) is 251 Å². The first-order chi connectivity index (χ1) is 22.8. The van der Waals surface area contributed by atoms with Crippen molar-refractivity contribution in [3.05, 3.63) is 0 Å². The Morgan fingerprint density at radius 3 is 1.52 bits per heavy atom. The Balaban J connectivity index is 3.75. The molecule has 0 aliphatic heterocycles. The van der Waals surface area contributed by atoms with E-state index in [1.54, 1.807) is 0 Å². The average Bonchev–Trinajstić information content (AvgIpc) is 3.04. The van der Waals surface area contributed by atoms with Crippen molar-refractivity contribution >= 4 is 47.8 Å². The third-order valence-electron chi connectivity index (χ3n) is 5.82. The molecular formula is C30H46O18. The van der Waals surface area contributed by atoms with E-state index in [-0.39, 0.29) is 71.3 Å². The van der Waals surface area contributed by atoms with Crippen LogP contribution in [-0.2, 0) is 76.3 Å². The molecule has 0 aromatic carbocycles. The van der Waals surface area contributed by atoms with E-state index in [1.807, 2.05) is 0 Å². The maximum Gasteiger partial charge on any atom is 0.347 e. The Bertz CT molecular complexity index is 1030. The van der Waals surface area contributed by atoms with Gasteiger partial charge in [-0.1, -0.05) is 6.42 Å². The number of ether oxygens (including phenoxy) is 8. The number of aliphatic carboxylic acids is 1. The predicted molar refractivity (Wildman–Crippen MR) is 158 cm³/mol. The van der Waals surface area contributed by atoms with E-state index >= 15 is 0 Å². The Morgan fingerprint density at radius 1 is 0.479 bits per heavy atom. The Hall–Kier alpha value is -4.32. The first-order valence-electron chi connectivity index (χ1n) is 15.4. The average molecular weight is 695 g/mol. The van der Waals surface area contributed by atoms with Crippen LogP contribution in [0.4, 0.5) is 0 Å². The molecule has 0 aliphatic carbocycles. The van der Waals surface area contributed by atoms with Gasteiger partial charge in [-0.05, 0) is 46.0 Å². The van der Waals surface area contributed by atoms with Gasteiger partial charge in [0.15, 0.2) is 25.4 Å². The molecule has 0 radical (unpaired) electrons. The SMILES string of the molecule is CC(OC(=O)C(C)OC(=O)COC(=O)COC(=O)CCC(=O)OCCCCCC(=O)OCCOCCOC(=O)CCCCCO)C(=O)O. The molecular weight excluding hydrogens is 648 g/mol. The van der Waals surface area contributed by atoms with E-state index in [0.717, 1.165) is 20.3 Å². The lowest BCUT2D eigenvalue weighted by Gasteiger charge is -2.14. The highest BCUT2D eigenvalue weighted by atomic mass is 16.6. The molecule has 48 heavy (non-hydrogen) atoms. The van der Waals surface area contributed by atoms with Gasteiger partial charge in [-0.15, -0.1) is 0 Å². The van der Waals surface area contributed by atoms with Crippen molar-refractivity contribution in [1.82, 2.24) is 0 Å². The fourth-order valence-corrected chi connectivity index (χ4v) is 3.24. The van der Waals surface area contributed by atoms with Gasteiger partial charge < -0.3 is 48.1 Å². The first kappa shape index (κ1) is 43.7. The zero-order valence-electron chi connectivity index (χ0n) is 27.3. The smallest absolute Gasteiger partial charge is 0.347 e. The van der Waals surface area contributed by atoms with Crippen molar-refractivity contribution in [1.29, 1.82) is 0 Å². The highest BCUT2D eigenvalue weighted by Crippen LogP contribution is 2.05. The van der Waals surface area contributed by atoms with Gasteiger partial charge in [0.2, 0.25) is 0 Å². The lowest BCUT2D eigenvalue weighted by molar-refractivity contribution is -0.178. The van der Waals surface area contributed by atoms with Crippen LogP contribution in [0.15, 0.2) is 0 Å². The number of aliphatic hydroxyl groups excluding tert-OH is 1. The van der Waals surface area contributed by atoms with E-state index in [1.165, 1.54) is 0 Å². The monoisotopic (exact) mass is 694 g/mol. The van der Waals surface area contributed by atoms with Crippen molar-refractivity contribution in [2.45, 2.75) is 90.3 Å². The molecule has 0 rings (SSSR count). The minimum absolute atomic E-state index is 0.0564. The second kappa shape index (κ2) is 27.8. The molecule has 2 atom stereocenters. The maximum absolute atomic E-state index is 11.8. The summed E-state index contributed by atoms with van der Waals surface area (Å²) in [5.41, 5.74) is 0. The third-order valence-corrected chi connectivity index (χ3v) is 5.82. The van der Waals surface area contributed by atoms with Gasteiger partial charge >= 0.3 is 47.8 Å². The minimum atomic E-state index is -1.46. The molecule has 0 aromatic heterocycles. The molecule has 0 saturated carbocycles. The molecule has 0 spiro atoms. The van der Waals surface area contributed by atoms with Crippen molar-refractivity contribution in [3.8, 4) is 0 Å². The van der Waals surface area contributed by atoms with E-state index in [0.29, 0.717) is 32.1 Å². The summed E-state index contributed by atoms with van der Waals surface area (Å²) in [6.45, 7) is 1.12. The molecule has 2 N–H and O–H groups in total. The van der Waals surface area contributed by atoms with Crippen LogP contribution in [-0.4, -0.2) is 123 Å². The summed E-state index contributed by atoms with van der Waals surface area (Å²) in [6.07, 6.45) is 0.459. The van der Waals surface area contributed by atoms with Crippen LogP contribution in [0.25, 0.3) is 0 Å². The number of rotatable bonds is 28. The molecule has 0 amide bonds. The van der Waals surface area contributed by atoms with Crippen LogP contribution in [0.3, 0.4) is 0 Å². The van der Waals surface area contributed by atoms with Gasteiger partial charge in [-0.3, -0.25) is 19.2 Å². The summed E-state index contributed by atoms with van der Waals surface area (Å²) in [4.78, 5) is 92.4. The van der Waals surface area contributed by atoms with Gasteiger partial charge in [-0.25, -0.2) is 19.2 Å². The van der Waals surface area contributed by atoms with Gasteiger partial charge in [0.1, 0.15) is 13.2 Å². The fraction of sp³-hybridized carbons (Fsp3) is 0.733. The minimum Gasteiger partial charge on any atom is -0.479 e. The number of carbonyl (C=O) groups is 8. The molecule has 274 valence electrons. The molecule has 18 nitrogen and oxygen atoms in total. The quantitative estimate of drug-likeness (QED) is 0.0644. The summed E-state index contributed by atoms with van der Waals surface area (Å²) in [5, 5.41) is 17.4. The number of hydrogen-bond acceptors (Lipinski definition) is 17. The van der Waals surface area contributed by atoms with E-state index < -0.39 is 67.2 Å². The molecule has 0 fully saturated rings. The largest absolute Gasteiger partial charge is 0.479 e. The number of aliphatic hydroxyl groups is 1. The van der Waals surface area contributed by atoms with Crippen LogP contribution in [0.5, 0.6) is 0 Å². The molecule has 0 bridgehead atoms. The Morgan fingerprint density at radius 2 is 0.958 bits per heavy atom. The Labute approximate surface area is 277 Å². The molecule has 0 aliphatic rings. The van der Waals surface area contributed by atoms with Crippen LogP contribution in [0.1, 0.15) is 78.1 Å². The van der Waals surface area contributed by atoms with Gasteiger partial charge in [0, 0.05) is 19.4 Å². The van der Waals surface area contributed by atoms with Crippen molar-refractivity contribution in [2.24, 2.45) is 0 Å². The fourth-order valence-electron chi connectivity index (χ4n) is 3.24. The predicted octanol–water partition coefficient (Wildman–Crippen LogP) is 0.560.